The summed E-state index contributed by atoms with van der Waals surface area (Å²) in [6.07, 6.45) is 2.51. The second kappa shape index (κ2) is 8.43. The summed E-state index contributed by atoms with van der Waals surface area (Å²) in [7, 11) is 0. The van der Waals surface area contributed by atoms with Gasteiger partial charge in [0.25, 0.3) is 5.91 Å². The van der Waals surface area contributed by atoms with Crippen LogP contribution in [-0.4, -0.2) is 34.3 Å². The first kappa shape index (κ1) is 20.5. The van der Waals surface area contributed by atoms with Gasteiger partial charge in [-0.05, 0) is 26.3 Å². The molecule has 0 aliphatic carbocycles. The first-order chi connectivity index (χ1) is 13.8. The lowest BCUT2D eigenvalue weighted by atomic mass is 9.85. The molecular formula is C24H25NO4. The Morgan fingerprint density at radius 2 is 1.59 bits per heavy atom. The van der Waals surface area contributed by atoms with E-state index < -0.39 is 23.6 Å². The van der Waals surface area contributed by atoms with Crippen LogP contribution in [0.5, 0.6) is 0 Å². The number of carbonyl (C=O) groups excluding carboxylic acids is 3. The van der Waals surface area contributed by atoms with E-state index in [4.69, 9.17) is 4.74 Å². The van der Waals surface area contributed by atoms with Crippen LogP contribution in [0.15, 0.2) is 72.8 Å². The molecule has 29 heavy (non-hydrogen) atoms. The van der Waals surface area contributed by atoms with E-state index in [2.05, 4.69) is 0 Å². The molecule has 1 aliphatic heterocycles. The molecule has 2 aromatic rings. The Balaban J connectivity index is 1.93. The van der Waals surface area contributed by atoms with Crippen molar-refractivity contribution in [1.29, 1.82) is 0 Å². The zero-order valence-electron chi connectivity index (χ0n) is 16.9. The quantitative estimate of drug-likeness (QED) is 0.690. The lowest BCUT2D eigenvalue weighted by Gasteiger charge is -2.32. The Bertz CT molecular complexity index is 913. The largest absolute Gasteiger partial charge is 0.443 e. The molecule has 0 unspecified atom stereocenters. The molecule has 0 saturated carbocycles. The minimum atomic E-state index is -0.730. The maximum Gasteiger partial charge on any atom is 0.417 e. The third kappa shape index (κ3) is 4.99. The van der Waals surface area contributed by atoms with Gasteiger partial charge in [-0.1, -0.05) is 66.7 Å². The monoisotopic (exact) mass is 391 g/mol. The van der Waals surface area contributed by atoms with Crippen LogP contribution in [0.3, 0.4) is 0 Å². The lowest BCUT2D eigenvalue weighted by Crippen LogP contribution is -2.45. The molecule has 5 heteroatoms. The summed E-state index contributed by atoms with van der Waals surface area (Å²) in [5.41, 5.74) is 0.757. The average molecular weight is 391 g/mol. The topological polar surface area (TPSA) is 63.7 Å². The predicted octanol–water partition coefficient (Wildman–Crippen LogP) is 4.75. The third-order valence-electron chi connectivity index (χ3n) is 4.70. The number of hydrogen-bond acceptors (Lipinski definition) is 4. The number of nitrogens with zero attached hydrogens (tertiary/aromatic N) is 1. The van der Waals surface area contributed by atoms with Gasteiger partial charge in [-0.2, -0.15) is 0 Å². The summed E-state index contributed by atoms with van der Waals surface area (Å²) >= 11 is 0. The summed E-state index contributed by atoms with van der Waals surface area (Å²) in [5, 5.41) is 0. The average Bonchev–Trinajstić information content (AvgIpc) is 3.07. The van der Waals surface area contributed by atoms with Crippen LogP contribution in [-0.2, 0) is 9.53 Å². The number of ketones is 1. The van der Waals surface area contributed by atoms with Crippen molar-refractivity contribution in [2.24, 2.45) is 0 Å². The van der Waals surface area contributed by atoms with Gasteiger partial charge in [-0.25, -0.2) is 9.69 Å². The van der Waals surface area contributed by atoms with Crippen molar-refractivity contribution in [3.8, 4) is 0 Å². The highest BCUT2D eigenvalue weighted by Gasteiger charge is 2.40. The van der Waals surface area contributed by atoms with E-state index in [1.54, 1.807) is 39.0 Å². The molecule has 150 valence electrons. The molecule has 5 nitrogen and oxygen atoms in total. The minimum Gasteiger partial charge on any atom is -0.443 e. The molecule has 0 fully saturated rings. The normalized spacial score (nSPS) is 17.3. The Morgan fingerprint density at radius 1 is 1.00 bits per heavy atom. The number of ether oxygens (including phenoxy) is 1. The molecule has 0 saturated heterocycles. The van der Waals surface area contributed by atoms with Gasteiger partial charge in [0.1, 0.15) is 5.60 Å². The van der Waals surface area contributed by atoms with Crippen molar-refractivity contribution in [2.45, 2.75) is 44.8 Å². The minimum absolute atomic E-state index is 0.0451. The second-order valence-corrected chi connectivity index (χ2v) is 8.05. The smallest absolute Gasteiger partial charge is 0.417 e. The van der Waals surface area contributed by atoms with Gasteiger partial charge < -0.3 is 4.74 Å². The zero-order valence-corrected chi connectivity index (χ0v) is 16.9. The number of benzene rings is 2. The highest BCUT2D eigenvalue weighted by atomic mass is 16.6. The maximum atomic E-state index is 12.9. The highest BCUT2D eigenvalue weighted by Crippen LogP contribution is 2.33. The predicted molar refractivity (Wildman–Crippen MR) is 111 cm³/mol. The van der Waals surface area contributed by atoms with Crippen LogP contribution in [0.1, 0.15) is 49.0 Å². The number of imide groups is 1. The summed E-state index contributed by atoms with van der Waals surface area (Å²) in [6.45, 7) is 5.25. The van der Waals surface area contributed by atoms with Crippen LogP contribution in [0.25, 0.3) is 0 Å². The first-order valence-corrected chi connectivity index (χ1v) is 9.64. The van der Waals surface area contributed by atoms with Crippen molar-refractivity contribution in [1.82, 2.24) is 4.90 Å². The van der Waals surface area contributed by atoms with Crippen LogP contribution in [0, 0.1) is 0 Å². The maximum absolute atomic E-state index is 12.9. The summed E-state index contributed by atoms with van der Waals surface area (Å²) < 4.78 is 5.44. The zero-order chi connectivity index (χ0) is 21.0. The van der Waals surface area contributed by atoms with Gasteiger partial charge in [0.15, 0.2) is 5.78 Å². The van der Waals surface area contributed by atoms with Crippen molar-refractivity contribution >= 4 is 17.8 Å². The fourth-order valence-corrected chi connectivity index (χ4v) is 3.41. The Morgan fingerprint density at radius 3 is 2.17 bits per heavy atom. The van der Waals surface area contributed by atoms with Gasteiger partial charge >= 0.3 is 6.09 Å². The van der Waals surface area contributed by atoms with Gasteiger partial charge in [0.05, 0.1) is 6.04 Å². The molecule has 0 bridgehead atoms. The third-order valence-corrected chi connectivity index (χ3v) is 4.70. The molecule has 0 radical (unpaired) electrons. The SMILES string of the molecule is CC(C)(C)OC(=O)N1C(=O)C=C[C@@H]1[C@@H](CC(=O)c1ccccc1)c1ccccc1. The number of rotatable bonds is 5. The molecule has 1 heterocycles. The van der Waals surface area contributed by atoms with Gasteiger partial charge in [-0.15, -0.1) is 0 Å². The Kier molecular flexibility index (Phi) is 5.97. The van der Waals surface area contributed by atoms with Gasteiger partial charge in [0.2, 0.25) is 0 Å². The first-order valence-electron chi connectivity index (χ1n) is 9.64. The molecule has 0 aromatic heterocycles. The fraction of sp³-hybridized carbons (Fsp3) is 0.292. The van der Waals surface area contributed by atoms with Crippen molar-refractivity contribution in [3.63, 3.8) is 0 Å². The van der Waals surface area contributed by atoms with E-state index in [-0.39, 0.29) is 18.1 Å². The van der Waals surface area contributed by atoms with Crippen molar-refractivity contribution < 1.29 is 19.1 Å². The van der Waals surface area contributed by atoms with E-state index in [1.165, 1.54) is 6.08 Å². The summed E-state index contributed by atoms with van der Waals surface area (Å²) in [4.78, 5) is 39.2. The number of carbonyl (C=O) groups is 3. The van der Waals surface area contributed by atoms with Crippen LogP contribution in [0.2, 0.25) is 0 Å². The van der Waals surface area contributed by atoms with E-state index in [1.807, 2.05) is 48.5 Å². The standard InChI is InChI=1S/C24H25NO4/c1-24(2,3)29-23(28)25-20(14-15-22(25)27)19(17-10-6-4-7-11-17)16-21(26)18-12-8-5-9-13-18/h4-15,19-20H,16H2,1-3H3/t19-,20+/m0/s1. The van der Waals surface area contributed by atoms with Crippen LogP contribution >= 0.6 is 0 Å². The van der Waals surface area contributed by atoms with Gasteiger partial charge in [0, 0.05) is 24.0 Å². The number of hydrogen-bond donors (Lipinski definition) is 0. The number of Topliss-reactive ketones (excluding diaryl/α,β-unsaturated/α-hetero) is 1. The highest BCUT2D eigenvalue weighted by molar-refractivity contribution is 6.02. The van der Waals surface area contributed by atoms with E-state index >= 15 is 0 Å². The van der Waals surface area contributed by atoms with E-state index in [9.17, 15) is 14.4 Å². The summed E-state index contributed by atoms with van der Waals surface area (Å²) in [6, 6.07) is 17.9. The lowest BCUT2D eigenvalue weighted by molar-refractivity contribution is -0.125. The van der Waals surface area contributed by atoms with Crippen LogP contribution < -0.4 is 0 Å². The van der Waals surface area contributed by atoms with Crippen LogP contribution in [0.4, 0.5) is 4.79 Å². The Labute approximate surface area is 171 Å². The van der Waals surface area contributed by atoms with Crippen molar-refractivity contribution in [2.75, 3.05) is 0 Å². The molecule has 0 spiro atoms. The molecule has 0 N–H and O–H groups in total. The summed E-state index contributed by atoms with van der Waals surface area (Å²) in [5.74, 6) is -0.854. The van der Waals surface area contributed by atoms with Crippen molar-refractivity contribution in [3.05, 3.63) is 83.9 Å². The van der Waals surface area contributed by atoms with Gasteiger partial charge in [-0.3, -0.25) is 9.59 Å². The van der Waals surface area contributed by atoms with E-state index in [0.717, 1.165) is 10.5 Å². The molecule has 2 aromatic carbocycles. The molecule has 2 atom stereocenters. The second-order valence-electron chi connectivity index (χ2n) is 8.05. The van der Waals surface area contributed by atoms with E-state index in [0.29, 0.717) is 5.56 Å². The molecular weight excluding hydrogens is 366 g/mol. The molecule has 1 aliphatic rings. The number of amides is 2. The fourth-order valence-electron chi connectivity index (χ4n) is 3.41. The molecule has 3 rings (SSSR count). The Hall–Kier alpha value is -3.21. The molecule has 2 amide bonds.